The minimum Gasteiger partial charge on any atom is -0.493 e. The first-order chi connectivity index (χ1) is 12.3. The Morgan fingerprint density at radius 3 is 2.88 bits per heavy atom. The van der Waals surface area contributed by atoms with E-state index in [2.05, 4.69) is 10.4 Å². The molecule has 0 fully saturated rings. The predicted octanol–water partition coefficient (Wildman–Crippen LogP) is 2.97. The van der Waals surface area contributed by atoms with Crippen molar-refractivity contribution >= 4 is 5.91 Å². The summed E-state index contributed by atoms with van der Waals surface area (Å²) in [4.78, 5) is 12.4. The van der Waals surface area contributed by atoms with Crippen LogP contribution in [0.1, 0.15) is 23.4 Å². The zero-order valence-corrected chi connectivity index (χ0v) is 14.3. The molecule has 0 unspecified atom stereocenters. The monoisotopic (exact) mass is 367 g/mol. The van der Waals surface area contributed by atoms with Crippen LogP contribution in [0.25, 0.3) is 0 Å². The fourth-order valence-corrected chi connectivity index (χ4v) is 3.02. The molecule has 0 bridgehead atoms. The number of alkyl halides is 3. The highest BCUT2D eigenvalue weighted by molar-refractivity contribution is 5.79. The zero-order valence-electron chi connectivity index (χ0n) is 14.3. The van der Waals surface area contributed by atoms with Crippen LogP contribution >= 0.6 is 0 Å². The molecular formula is C18H20F3N3O2. The van der Waals surface area contributed by atoms with Crippen LogP contribution in [0.2, 0.25) is 0 Å². The number of carbonyl (C=O) groups is 1. The molecule has 1 amide bonds. The number of carbonyl (C=O) groups excluding carboxylic acids is 1. The molecule has 1 atom stereocenters. The van der Waals surface area contributed by atoms with Gasteiger partial charge in [0.2, 0.25) is 5.91 Å². The lowest BCUT2D eigenvalue weighted by Gasteiger charge is -2.14. The van der Waals surface area contributed by atoms with Gasteiger partial charge in [0, 0.05) is 18.2 Å². The molecule has 0 radical (unpaired) electrons. The second kappa shape index (κ2) is 7.39. The van der Waals surface area contributed by atoms with Gasteiger partial charge < -0.3 is 10.1 Å². The van der Waals surface area contributed by atoms with Crippen LogP contribution in [0.3, 0.4) is 0 Å². The van der Waals surface area contributed by atoms with E-state index in [4.69, 9.17) is 4.74 Å². The molecule has 0 saturated heterocycles. The summed E-state index contributed by atoms with van der Waals surface area (Å²) in [6, 6.07) is 8.62. The van der Waals surface area contributed by atoms with Crippen molar-refractivity contribution in [2.24, 2.45) is 5.92 Å². The number of amides is 1. The van der Waals surface area contributed by atoms with Crippen LogP contribution < -0.4 is 10.1 Å². The van der Waals surface area contributed by atoms with Gasteiger partial charge in [0.1, 0.15) is 5.75 Å². The molecule has 2 heterocycles. The lowest BCUT2D eigenvalue weighted by Crippen LogP contribution is -2.34. The summed E-state index contributed by atoms with van der Waals surface area (Å²) in [5.41, 5.74) is 0.477. The Kier molecular flexibility index (Phi) is 5.20. The first-order valence-electron chi connectivity index (χ1n) is 8.44. The maximum absolute atomic E-state index is 12.7. The molecule has 1 aliphatic rings. The number of halogens is 3. The molecule has 1 aliphatic heterocycles. The lowest BCUT2D eigenvalue weighted by atomic mass is 9.96. The molecule has 2 aromatic rings. The third kappa shape index (κ3) is 4.17. The smallest absolute Gasteiger partial charge is 0.435 e. The molecule has 0 aliphatic carbocycles. The Bertz CT molecular complexity index is 786. The van der Waals surface area contributed by atoms with Gasteiger partial charge in [-0.25, -0.2) is 0 Å². The second-order valence-corrected chi connectivity index (χ2v) is 6.33. The van der Waals surface area contributed by atoms with Gasteiger partial charge in [0.25, 0.3) is 0 Å². The summed E-state index contributed by atoms with van der Waals surface area (Å²) in [5, 5.41) is 6.35. The van der Waals surface area contributed by atoms with Gasteiger partial charge in [0.05, 0.1) is 13.2 Å². The number of benzene rings is 1. The lowest BCUT2D eigenvalue weighted by molar-refractivity contribution is -0.141. The number of nitrogens with one attached hydrogen (secondary N) is 1. The van der Waals surface area contributed by atoms with Crippen molar-refractivity contribution in [2.45, 2.75) is 32.5 Å². The van der Waals surface area contributed by atoms with Gasteiger partial charge in [-0.05, 0) is 37.5 Å². The number of fused-ring (bicyclic) bond motifs is 1. The number of hydrogen-bond donors (Lipinski definition) is 1. The summed E-state index contributed by atoms with van der Waals surface area (Å²) in [5.74, 6) is 0.462. The SMILES string of the molecule is Cc1cc(C(F)(F)F)nn1CCNC(=O)[C@@H]1CCOc2ccccc2C1. The van der Waals surface area contributed by atoms with Crippen LogP contribution in [0.5, 0.6) is 5.75 Å². The van der Waals surface area contributed by atoms with Crippen molar-refractivity contribution < 1.29 is 22.7 Å². The van der Waals surface area contributed by atoms with Crippen LogP contribution in [-0.4, -0.2) is 28.8 Å². The molecule has 0 spiro atoms. The minimum atomic E-state index is -4.47. The first-order valence-corrected chi connectivity index (χ1v) is 8.44. The maximum Gasteiger partial charge on any atom is 0.435 e. The van der Waals surface area contributed by atoms with E-state index in [9.17, 15) is 18.0 Å². The van der Waals surface area contributed by atoms with E-state index in [-0.39, 0.29) is 24.9 Å². The highest BCUT2D eigenvalue weighted by atomic mass is 19.4. The largest absolute Gasteiger partial charge is 0.493 e. The van der Waals surface area contributed by atoms with Crippen LogP contribution in [0.4, 0.5) is 13.2 Å². The predicted molar refractivity (Wildman–Crippen MR) is 88.7 cm³/mol. The molecular weight excluding hydrogens is 347 g/mol. The van der Waals surface area contributed by atoms with Gasteiger partial charge >= 0.3 is 6.18 Å². The van der Waals surface area contributed by atoms with Crippen molar-refractivity contribution in [3.05, 3.63) is 47.3 Å². The molecule has 0 saturated carbocycles. The van der Waals surface area contributed by atoms with Crippen LogP contribution in [0, 0.1) is 12.8 Å². The van der Waals surface area contributed by atoms with E-state index in [0.29, 0.717) is 25.1 Å². The normalized spacial score (nSPS) is 17.2. The standard InChI is InChI=1S/C18H20F3N3O2/c1-12-10-16(18(19,20)21)23-24(12)8-7-22-17(25)14-6-9-26-15-5-3-2-4-13(15)11-14/h2-5,10,14H,6-9,11H2,1H3,(H,22,25)/t14-/m1/s1. The molecule has 26 heavy (non-hydrogen) atoms. The summed E-state index contributed by atoms with van der Waals surface area (Å²) < 4.78 is 44.9. The minimum absolute atomic E-state index is 0.119. The average Bonchev–Trinajstić information content (AvgIpc) is 2.84. The van der Waals surface area contributed by atoms with E-state index in [0.717, 1.165) is 17.4 Å². The van der Waals surface area contributed by atoms with Crippen molar-refractivity contribution in [3.63, 3.8) is 0 Å². The zero-order chi connectivity index (χ0) is 18.7. The Morgan fingerprint density at radius 1 is 1.38 bits per heavy atom. The number of rotatable bonds is 4. The fourth-order valence-electron chi connectivity index (χ4n) is 3.02. The quantitative estimate of drug-likeness (QED) is 0.904. The van der Waals surface area contributed by atoms with Gasteiger partial charge in [-0.2, -0.15) is 18.3 Å². The van der Waals surface area contributed by atoms with E-state index < -0.39 is 11.9 Å². The second-order valence-electron chi connectivity index (χ2n) is 6.33. The fraction of sp³-hybridized carbons (Fsp3) is 0.444. The Morgan fingerprint density at radius 2 is 2.15 bits per heavy atom. The van der Waals surface area contributed by atoms with Crippen molar-refractivity contribution in [2.75, 3.05) is 13.2 Å². The van der Waals surface area contributed by atoms with Gasteiger partial charge in [-0.1, -0.05) is 18.2 Å². The Labute approximate surface area is 149 Å². The van der Waals surface area contributed by atoms with Crippen LogP contribution in [0.15, 0.2) is 30.3 Å². The van der Waals surface area contributed by atoms with E-state index in [1.807, 2.05) is 24.3 Å². The summed E-state index contributed by atoms with van der Waals surface area (Å²) in [6.45, 7) is 2.43. The van der Waals surface area contributed by atoms with Gasteiger partial charge in [-0.15, -0.1) is 0 Å². The molecule has 8 heteroatoms. The van der Waals surface area contributed by atoms with Crippen molar-refractivity contribution in [3.8, 4) is 5.75 Å². The number of para-hydroxylation sites is 1. The molecule has 1 aromatic heterocycles. The summed E-state index contributed by atoms with van der Waals surface area (Å²) in [6.07, 6.45) is -3.28. The Hall–Kier alpha value is -2.51. The Balaban J connectivity index is 1.55. The molecule has 1 aromatic carbocycles. The number of aryl methyl sites for hydroxylation is 1. The molecule has 3 rings (SSSR count). The third-order valence-corrected chi connectivity index (χ3v) is 4.43. The van der Waals surface area contributed by atoms with Crippen molar-refractivity contribution in [1.82, 2.24) is 15.1 Å². The van der Waals surface area contributed by atoms with E-state index in [1.165, 1.54) is 4.68 Å². The number of ether oxygens (including phenoxy) is 1. The average molecular weight is 367 g/mol. The number of hydrogen-bond acceptors (Lipinski definition) is 3. The first kappa shape index (κ1) is 18.3. The molecule has 1 N–H and O–H groups in total. The number of nitrogens with zero attached hydrogens (tertiary/aromatic N) is 2. The van der Waals surface area contributed by atoms with Gasteiger partial charge in [0.15, 0.2) is 5.69 Å². The van der Waals surface area contributed by atoms with Gasteiger partial charge in [-0.3, -0.25) is 9.48 Å². The highest BCUT2D eigenvalue weighted by Crippen LogP contribution is 2.28. The number of aromatic nitrogens is 2. The molecule has 5 nitrogen and oxygen atoms in total. The van der Waals surface area contributed by atoms with E-state index in [1.54, 1.807) is 6.92 Å². The van der Waals surface area contributed by atoms with E-state index >= 15 is 0 Å². The highest BCUT2D eigenvalue weighted by Gasteiger charge is 2.34. The third-order valence-electron chi connectivity index (χ3n) is 4.43. The van der Waals surface area contributed by atoms with Crippen molar-refractivity contribution in [1.29, 1.82) is 0 Å². The maximum atomic E-state index is 12.7. The molecule has 140 valence electrons. The summed E-state index contributed by atoms with van der Waals surface area (Å²) >= 11 is 0. The topological polar surface area (TPSA) is 56.2 Å². The summed E-state index contributed by atoms with van der Waals surface area (Å²) in [7, 11) is 0. The van der Waals surface area contributed by atoms with Crippen LogP contribution in [-0.2, 0) is 23.9 Å².